The third-order valence-electron chi connectivity index (χ3n) is 2.37. The second-order valence-corrected chi connectivity index (χ2v) is 4.82. The maximum Gasteiger partial charge on any atom is 0.245 e. The molecule has 1 heterocycles. The van der Waals surface area contributed by atoms with Crippen LogP contribution in [0.25, 0.3) is 10.9 Å². The summed E-state index contributed by atoms with van der Waals surface area (Å²) in [6, 6.07) is 5.37. The molecule has 6 heteroatoms. The highest BCUT2D eigenvalue weighted by molar-refractivity contribution is 6.35. The number of para-hydroxylation sites is 1. The molecule has 0 saturated carbocycles. The first-order valence-corrected chi connectivity index (χ1v) is 5.50. The average molecular weight is 253 g/mol. The Labute approximate surface area is 103 Å². The van der Waals surface area contributed by atoms with Gasteiger partial charge in [-0.05, 0) is 26.0 Å². The number of nitrogens with one attached hydrogen (secondary N) is 2. The van der Waals surface area contributed by atoms with Crippen LogP contribution < -0.4 is 11.1 Å². The summed E-state index contributed by atoms with van der Waals surface area (Å²) in [6.45, 7) is 3.26. The molecular weight excluding hydrogens is 240 g/mol. The van der Waals surface area contributed by atoms with Crippen molar-refractivity contribution in [1.29, 1.82) is 0 Å². The number of carbonyl (C=O) groups excluding carboxylic acids is 1. The van der Waals surface area contributed by atoms with Crippen molar-refractivity contribution in [3.63, 3.8) is 0 Å². The Morgan fingerprint density at radius 1 is 1.53 bits per heavy atom. The Balaban J connectivity index is 2.38. The van der Waals surface area contributed by atoms with Gasteiger partial charge in [-0.3, -0.25) is 9.89 Å². The predicted octanol–water partition coefficient (Wildman–Crippen LogP) is 1.89. The van der Waals surface area contributed by atoms with Crippen LogP contribution in [0.5, 0.6) is 0 Å². The quantitative estimate of drug-likeness (QED) is 0.763. The lowest BCUT2D eigenvalue weighted by atomic mass is 10.1. The van der Waals surface area contributed by atoms with Crippen molar-refractivity contribution in [3.8, 4) is 0 Å². The fraction of sp³-hybridized carbons (Fsp3) is 0.273. The molecule has 1 amide bonds. The van der Waals surface area contributed by atoms with Gasteiger partial charge >= 0.3 is 0 Å². The molecule has 1 aromatic heterocycles. The van der Waals surface area contributed by atoms with Crippen molar-refractivity contribution < 1.29 is 4.79 Å². The molecule has 0 saturated heterocycles. The SMILES string of the molecule is CC(C)(N)C(=O)Nc1n[nH]c2c(Cl)cccc12. The van der Waals surface area contributed by atoms with E-state index in [2.05, 4.69) is 15.5 Å². The van der Waals surface area contributed by atoms with E-state index in [0.717, 1.165) is 5.39 Å². The molecule has 0 atom stereocenters. The molecule has 0 aliphatic carbocycles. The van der Waals surface area contributed by atoms with E-state index >= 15 is 0 Å². The van der Waals surface area contributed by atoms with Gasteiger partial charge in [-0.25, -0.2) is 0 Å². The molecular formula is C11H13ClN4O. The first-order chi connectivity index (χ1) is 7.89. The molecule has 0 aliphatic rings. The summed E-state index contributed by atoms with van der Waals surface area (Å²) < 4.78 is 0. The van der Waals surface area contributed by atoms with Crippen molar-refractivity contribution >= 4 is 34.2 Å². The lowest BCUT2D eigenvalue weighted by molar-refractivity contribution is -0.120. The fourth-order valence-electron chi connectivity index (χ4n) is 1.37. The molecule has 4 N–H and O–H groups in total. The van der Waals surface area contributed by atoms with Crippen LogP contribution >= 0.6 is 11.6 Å². The zero-order valence-electron chi connectivity index (χ0n) is 9.54. The molecule has 17 heavy (non-hydrogen) atoms. The minimum atomic E-state index is -0.955. The molecule has 2 aromatic rings. The number of hydrogen-bond donors (Lipinski definition) is 3. The van der Waals surface area contributed by atoms with Crippen LogP contribution in [0.3, 0.4) is 0 Å². The van der Waals surface area contributed by atoms with Gasteiger partial charge in [0.05, 0.1) is 16.1 Å². The lowest BCUT2D eigenvalue weighted by Crippen LogP contribution is -2.45. The van der Waals surface area contributed by atoms with Gasteiger partial charge < -0.3 is 11.1 Å². The number of nitrogens with zero attached hydrogens (tertiary/aromatic N) is 1. The van der Waals surface area contributed by atoms with Crippen LogP contribution in [0.4, 0.5) is 5.82 Å². The summed E-state index contributed by atoms with van der Waals surface area (Å²) in [6.07, 6.45) is 0. The Bertz CT molecular complexity index is 570. The molecule has 2 rings (SSSR count). The van der Waals surface area contributed by atoms with Crippen molar-refractivity contribution in [1.82, 2.24) is 10.2 Å². The van der Waals surface area contributed by atoms with Gasteiger partial charge in [-0.15, -0.1) is 0 Å². The second-order valence-electron chi connectivity index (χ2n) is 4.41. The molecule has 0 spiro atoms. The maximum absolute atomic E-state index is 11.7. The van der Waals surface area contributed by atoms with Crippen LogP contribution in [0.2, 0.25) is 5.02 Å². The molecule has 1 aromatic carbocycles. The highest BCUT2D eigenvalue weighted by Gasteiger charge is 2.23. The van der Waals surface area contributed by atoms with Gasteiger partial charge in [0.25, 0.3) is 0 Å². The zero-order valence-corrected chi connectivity index (χ0v) is 10.3. The number of aromatic nitrogens is 2. The Hall–Kier alpha value is -1.59. The topological polar surface area (TPSA) is 83.8 Å². The Morgan fingerprint density at radius 3 is 2.88 bits per heavy atom. The number of anilines is 1. The van der Waals surface area contributed by atoms with E-state index in [4.69, 9.17) is 17.3 Å². The number of nitrogens with two attached hydrogens (primary N) is 1. The second kappa shape index (κ2) is 4.01. The fourth-order valence-corrected chi connectivity index (χ4v) is 1.59. The minimum Gasteiger partial charge on any atom is -0.318 e. The highest BCUT2D eigenvalue weighted by atomic mass is 35.5. The summed E-state index contributed by atoms with van der Waals surface area (Å²) >= 11 is 5.99. The van der Waals surface area contributed by atoms with Crippen LogP contribution in [0.15, 0.2) is 18.2 Å². The number of rotatable bonds is 2. The van der Waals surface area contributed by atoms with E-state index in [1.807, 2.05) is 6.07 Å². The van der Waals surface area contributed by atoms with Crippen molar-refractivity contribution in [2.24, 2.45) is 5.73 Å². The van der Waals surface area contributed by atoms with E-state index in [-0.39, 0.29) is 5.91 Å². The van der Waals surface area contributed by atoms with E-state index < -0.39 is 5.54 Å². The molecule has 0 fully saturated rings. The van der Waals surface area contributed by atoms with Crippen LogP contribution in [-0.2, 0) is 4.79 Å². The van der Waals surface area contributed by atoms with Gasteiger partial charge in [0.1, 0.15) is 0 Å². The summed E-state index contributed by atoms with van der Waals surface area (Å²) in [5.41, 5.74) is 5.43. The molecule has 0 aliphatic heterocycles. The van der Waals surface area contributed by atoms with E-state index in [1.54, 1.807) is 26.0 Å². The predicted molar refractivity (Wildman–Crippen MR) is 68.0 cm³/mol. The average Bonchev–Trinajstić information content (AvgIpc) is 2.62. The normalized spacial score (nSPS) is 11.8. The smallest absolute Gasteiger partial charge is 0.245 e. The standard InChI is InChI=1S/C11H13ClN4O/c1-11(2,13)10(17)14-9-6-4-3-5-7(12)8(6)15-16-9/h3-5H,13H2,1-2H3,(H2,14,15,16,17). The van der Waals surface area contributed by atoms with Gasteiger partial charge in [0.2, 0.25) is 5.91 Å². The third kappa shape index (κ3) is 2.25. The minimum absolute atomic E-state index is 0.300. The summed E-state index contributed by atoms with van der Waals surface area (Å²) in [7, 11) is 0. The van der Waals surface area contributed by atoms with Crippen LogP contribution in [0, 0.1) is 0 Å². The van der Waals surface area contributed by atoms with Gasteiger partial charge in [0.15, 0.2) is 5.82 Å². The van der Waals surface area contributed by atoms with E-state index in [0.29, 0.717) is 16.4 Å². The largest absolute Gasteiger partial charge is 0.318 e. The van der Waals surface area contributed by atoms with E-state index in [1.165, 1.54) is 0 Å². The Morgan fingerprint density at radius 2 is 2.24 bits per heavy atom. The molecule has 5 nitrogen and oxygen atoms in total. The van der Waals surface area contributed by atoms with Crippen molar-refractivity contribution in [3.05, 3.63) is 23.2 Å². The van der Waals surface area contributed by atoms with Gasteiger partial charge in [-0.2, -0.15) is 5.10 Å². The van der Waals surface area contributed by atoms with Gasteiger partial charge in [0, 0.05) is 5.39 Å². The first-order valence-electron chi connectivity index (χ1n) is 5.12. The number of hydrogen-bond acceptors (Lipinski definition) is 3. The Kier molecular flexibility index (Phi) is 2.81. The van der Waals surface area contributed by atoms with Crippen LogP contribution in [-0.4, -0.2) is 21.6 Å². The molecule has 0 radical (unpaired) electrons. The summed E-state index contributed by atoms with van der Waals surface area (Å²) in [4.78, 5) is 11.7. The van der Waals surface area contributed by atoms with Crippen LogP contribution in [0.1, 0.15) is 13.8 Å². The van der Waals surface area contributed by atoms with Crippen molar-refractivity contribution in [2.45, 2.75) is 19.4 Å². The summed E-state index contributed by atoms with van der Waals surface area (Å²) in [5, 5.41) is 10.8. The zero-order chi connectivity index (χ0) is 12.6. The van der Waals surface area contributed by atoms with Gasteiger partial charge in [-0.1, -0.05) is 17.7 Å². The van der Waals surface area contributed by atoms with Crippen molar-refractivity contribution in [2.75, 3.05) is 5.32 Å². The number of amides is 1. The number of fused-ring (bicyclic) bond motifs is 1. The number of carbonyl (C=O) groups is 1. The number of halogens is 1. The summed E-state index contributed by atoms with van der Waals surface area (Å²) in [5.74, 6) is 0.136. The molecule has 0 bridgehead atoms. The number of H-pyrrole nitrogens is 1. The first kappa shape index (κ1) is 11.9. The molecule has 90 valence electrons. The third-order valence-corrected chi connectivity index (χ3v) is 2.68. The number of benzene rings is 1. The maximum atomic E-state index is 11.7. The monoisotopic (exact) mass is 252 g/mol. The highest BCUT2D eigenvalue weighted by Crippen LogP contribution is 2.26. The lowest BCUT2D eigenvalue weighted by Gasteiger charge is -2.16. The number of aromatic amines is 1. The van der Waals surface area contributed by atoms with E-state index in [9.17, 15) is 4.79 Å². The molecule has 0 unspecified atom stereocenters.